The second-order valence-electron chi connectivity index (χ2n) is 20.4. The van der Waals surface area contributed by atoms with Gasteiger partial charge in [0.15, 0.2) is 0 Å². The van der Waals surface area contributed by atoms with E-state index < -0.39 is 19.2 Å². The second kappa shape index (κ2) is 19.6. The third-order valence-electron chi connectivity index (χ3n) is 13.4. The fraction of sp³-hybridized carbons (Fsp3) is 0.283. The summed E-state index contributed by atoms with van der Waals surface area (Å²) in [5.74, 6) is 5.81. The van der Waals surface area contributed by atoms with Gasteiger partial charge in [-0.2, -0.15) is 5.26 Å². The van der Waals surface area contributed by atoms with E-state index in [9.17, 15) is 6.63 Å². The van der Waals surface area contributed by atoms with Crippen molar-refractivity contribution in [3.8, 4) is 45.5 Å². The van der Waals surface area contributed by atoms with Crippen molar-refractivity contribution in [3.05, 3.63) is 174 Å². The minimum absolute atomic E-state index is 0. The molecule has 67 heavy (non-hydrogen) atoms. The minimum Gasteiger partial charge on any atom is 0 e. The number of rotatable bonds is 7. The molecule has 0 amide bonds. The molecule has 0 saturated carbocycles. The van der Waals surface area contributed by atoms with Crippen LogP contribution in [0, 0.1) is 23.5 Å². The molecule has 3 aromatic heterocycles. The van der Waals surface area contributed by atoms with Crippen molar-refractivity contribution in [1.29, 1.82) is 5.26 Å². The fourth-order valence-electron chi connectivity index (χ4n) is 9.40. The van der Waals surface area contributed by atoms with Crippen LogP contribution in [-0.2, 0) is 25.5 Å². The number of fused-ring (bicyclic) bond motifs is 4. The first kappa shape index (κ1) is 46.5. The van der Waals surface area contributed by atoms with Crippen LogP contribution in [0.25, 0.3) is 72.4 Å². The molecule has 10 rings (SSSR count). The zero-order valence-electron chi connectivity index (χ0n) is 41.2. The van der Waals surface area contributed by atoms with Crippen LogP contribution in [0.3, 0.4) is 0 Å². The summed E-state index contributed by atoms with van der Waals surface area (Å²) in [6, 6.07) is 52.7. The summed E-state index contributed by atoms with van der Waals surface area (Å²) in [5, 5.41) is 14.0. The Morgan fingerprint density at radius 2 is 1.49 bits per heavy atom. The SMILES string of the molecule is CC(C)(C)c1ccnc(-c2[c-]cccc2)c1.[2H]C1(c2ccc(-c3cc(C(C)C)c(-n4c(-c5[c-]ccc6c5oc5cc(C#N)ccc56)nc5ccccc54)c(C(C)C)c3)cc2)C[CH2][Ge]([CH3])([CH3])[CH2]C1.[Ir]. The number of pyridine rings is 1. The summed E-state index contributed by atoms with van der Waals surface area (Å²) < 4.78 is 18.2. The summed E-state index contributed by atoms with van der Waals surface area (Å²) in [6.45, 7) is 15.7. The molecule has 4 heterocycles. The first-order valence-electron chi connectivity index (χ1n) is 24.0. The van der Waals surface area contributed by atoms with Crippen molar-refractivity contribution in [2.75, 3.05) is 0 Å². The topological polar surface area (TPSA) is 67.6 Å². The van der Waals surface area contributed by atoms with Gasteiger partial charge in [-0.25, -0.2) is 0 Å². The number of furan rings is 1. The number of imidazole rings is 1. The van der Waals surface area contributed by atoms with Gasteiger partial charge in [0.2, 0.25) is 0 Å². The van der Waals surface area contributed by atoms with E-state index in [4.69, 9.17) is 9.40 Å². The van der Waals surface area contributed by atoms with Crippen molar-refractivity contribution in [2.24, 2.45) is 0 Å². The largest absolute Gasteiger partial charge is 0 e. The van der Waals surface area contributed by atoms with Crippen LogP contribution >= 0.6 is 0 Å². The third kappa shape index (κ3) is 9.89. The molecule has 341 valence electrons. The van der Waals surface area contributed by atoms with Gasteiger partial charge < -0.3 is 9.40 Å². The van der Waals surface area contributed by atoms with Crippen molar-refractivity contribution in [2.45, 2.75) is 106 Å². The van der Waals surface area contributed by atoms with E-state index in [2.05, 4.69) is 154 Å². The summed E-state index contributed by atoms with van der Waals surface area (Å²) in [6.07, 6.45) is 3.85. The van der Waals surface area contributed by atoms with E-state index in [-0.39, 0.29) is 37.4 Å². The summed E-state index contributed by atoms with van der Waals surface area (Å²) in [4.78, 5) is 9.66. The molecule has 1 radical (unpaired) electrons. The van der Waals surface area contributed by atoms with Crippen LogP contribution in [0.15, 0.2) is 138 Å². The molecule has 5 nitrogen and oxygen atoms in total. The van der Waals surface area contributed by atoms with Gasteiger partial charge in [0.05, 0.1) is 34.1 Å². The van der Waals surface area contributed by atoms with E-state index in [1.165, 1.54) is 38.3 Å². The van der Waals surface area contributed by atoms with E-state index >= 15 is 0 Å². The molecule has 9 aromatic rings. The van der Waals surface area contributed by atoms with Gasteiger partial charge in [-0.05, 0) is 47.0 Å². The van der Waals surface area contributed by atoms with E-state index in [0.717, 1.165) is 68.5 Å². The molecular weight excluding hydrogens is 1060 g/mol. The van der Waals surface area contributed by atoms with Crippen molar-refractivity contribution in [3.63, 3.8) is 0 Å². The van der Waals surface area contributed by atoms with Crippen molar-refractivity contribution in [1.82, 2.24) is 14.5 Å². The maximum atomic E-state index is 9.56. The molecule has 0 bridgehead atoms. The fourth-order valence-corrected chi connectivity index (χ4v) is 14.0. The van der Waals surface area contributed by atoms with E-state index in [1.54, 1.807) is 0 Å². The van der Waals surface area contributed by atoms with Crippen LogP contribution in [0.2, 0.25) is 22.0 Å². The number of benzene rings is 6. The Balaban J connectivity index is 0.000000312. The average molecular weight is 1120 g/mol. The van der Waals surface area contributed by atoms with Gasteiger partial charge in [0, 0.05) is 31.7 Å². The molecule has 1 aliphatic heterocycles. The van der Waals surface area contributed by atoms with Crippen molar-refractivity contribution < 1.29 is 25.9 Å². The molecule has 0 aliphatic carbocycles. The summed E-state index contributed by atoms with van der Waals surface area (Å²) in [7, 11) is 0. The van der Waals surface area contributed by atoms with E-state index in [1.807, 2.05) is 66.9 Å². The third-order valence-corrected chi connectivity index (χ3v) is 20.2. The molecule has 1 saturated heterocycles. The Morgan fingerprint density at radius 3 is 2.15 bits per heavy atom. The van der Waals surface area contributed by atoms with Crippen LogP contribution in [0.1, 0.15) is 108 Å². The van der Waals surface area contributed by atoms with Gasteiger partial charge in [0.25, 0.3) is 0 Å². The van der Waals surface area contributed by atoms with Crippen LogP contribution in [0.5, 0.6) is 0 Å². The number of hydrogen-bond acceptors (Lipinski definition) is 4. The first-order valence-corrected chi connectivity index (χ1v) is 30.7. The number of para-hydroxylation sites is 2. The smallest absolute Gasteiger partial charge is 0 e. The predicted molar refractivity (Wildman–Crippen MR) is 277 cm³/mol. The quantitative estimate of drug-likeness (QED) is 0.118. The summed E-state index contributed by atoms with van der Waals surface area (Å²) >= 11 is -1.67. The van der Waals surface area contributed by atoms with Crippen LogP contribution in [0.4, 0.5) is 0 Å². The molecule has 0 spiro atoms. The minimum atomic E-state index is -1.67. The Labute approximate surface area is 414 Å². The number of hydrogen-bond donors (Lipinski definition) is 0. The standard InChI is InChI=1S/C45H44GeN3O.C15H16N.Ir/c1-28(2)38-25-34(32-17-15-31(16-18-32)33-20-22-46(5,6)23-21-33)26-39(29(3)4)43(38)49-41-13-8-7-12-40(41)48-45(49)37-11-9-10-36-35-19-14-30(27-47)24-42(35)50-44(36)37;1-15(2,3)13-9-10-16-14(11-13)12-7-5-4-6-8-12;/h7-10,12-19,24-26,28-29,33H,20-23H2,1-6H3;4-7,9-11H,1-3H3;/q2*-1;/i33D;;. The summed E-state index contributed by atoms with van der Waals surface area (Å²) in [5.41, 5.74) is 15.4. The average Bonchev–Trinajstić information content (AvgIpc) is 3.91. The van der Waals surface area contributed by atoms with Gasteiger partial charge in [-0.15, -0.1) is 54.1 Å². The van der Waals surface area contributed by atoms with Crippen molar-refractivity contribution >= 4 is 46.2 Å². The maximum Gasteiger partial charge on any atom is 0 e. The maximum absolute atomic E-state index is 9.56. The zero-order chi connectivity index (χ0) is 47.3. The molecule has 7 heteroatoms. The number of aromatic nitrogens is 3. The molecule has 1 aliphatic rings. The predicted octanol–water partition coefficient (Wildman–Crippen LogP) is 16.6. The Hall–Kier alpha value is -5.58. The monoisotopic (exact) mass is 1120 g/mol. The number of nitrogens with zero attached hydrogens (tertiary/aromatic N) is 4. The van der Waals surface area contributed by atoms with Gasteiger partial charge in [-0.1, -0.05) is 56.0 Å². The van der Waals surface area contributed by atoms with Crippen LogP contribution in [-0.4, -0.2) is 27.8 Å². The zero-order valence-corrected chi connectivity index (χ0v) is 44.7. The van der Waals surface area contributed by atoms with Gasteiger partial charge in [0.1, 0.15) is 5.58 Å². The second-order valence-corrected chi connectivity index (χ2v) is 31.6. The Morgan fingerprint density at radius 1 is 0.791 bits per heavy atom. The Kier molecular flexibility index (Phi) is 13.6. The molecule has 6 aromatic carbocycles. The number of nitriles is 1. The van der Waals surface area contributed by atoms with Crippen LogP contribution < -0.4 is 0 Å². The van der Waals surface area contributed by atoms with Gasteiger partial charge >= 0.3 is 169 Å². The molecule has 0 atom stereocenters. The van der Waals surface area contributed by atoms with Gasteiger partial charge in [-0.3, -0.25) is 4.98 Å². The normalized spacial score (nSPS) is 14.7. The molecule has 0 N–H and O–H groups in total. The van der Waals surface area contributed by atoms with E-state index in [0.29, 0.717) is 16.7 Å². The Bertz CT molecular complexity index is 3260. The molecule has 1 fully saturated rings. The first-order chi connectivity index (χ1) is 32.0. The molecular formula is C60H60GeIrN4O-2. The molecule has 0 unspecified atom stereocenters.